The Morgan fingerprint density at radius 1 is 1.13 bits per heavy atom. The first-order chi connectivity index (χ1) is 14.1. The minimum Gasteiger partial charge on any atom is -0.458 e. The number of hydrazine groups is 1. The molecule has 8 heteroatoms. The Hall–Kier alpha value is -2.90. The molecule has 2 fully saturated rings. The van der Waals surface area contributed by atoms with Crippen LogP contribution in [-0.2, 0) is 19.1 Å². The number of carbonyl (C=O) groups is 4. The number of carbonyl (C=O) groups excluding carboxylic acids is 4. The Labute approximate surface area is 176 Å². The van der Waals surface area contributed by atoms with Gasteiger partial charge in [0.25, 0.3) is 11.8 Å². The van der Waals surface area contributed by atoms with Gasteiger partial charge in [0.1, 0.15) is 11.6 Å². The molecule has 2 aliphatic heterocycles. The van der Waals surface area contributed by atoms with Crippen LogP contribution in [0.5, 0.6) is 0 Å². The smallest absolute Gasteiger partial charge is 0.331 e. The molecule has 1 aromatic rings. The Bertz CT molecular complexity index is 833. The third-order valence-electron chi connectivity index (χ3n) is 5.25. The van der Waals surface area contributed by atoms with Crippen LogP contribution >= 0.6 is 0 Å². The number of fused-ring (bicyclic) bond motifs is 1. The molecule has 3 rings (SSSR count). The summed E-state index contributed by atoms with van der Waals surface area (Å²) in [7, 11) is 0. The van der Waals surface area contributed by atoms with Gasteiger partial charge in [-0.1, -0.05) is 25.1 Å². The van der Waals surface area contributed by atoms with Gasteiger partial charge in [0, 0.05) is 18.5 Å². The molecule has 1 aromatic carbocycles. The molecule has 30 heavy (non-hydrogen) atoms. The van der Waals surface area contributed by atoms with Crippen molar-refractivity contribution in [2.45, 2.75) is 64.6 Å². The Kier molecular flexibility index (Phi) is 6.14. The molecule has 3 amide bonds. The second-order valence-corrected chi connectivity index (χ2v) is 8.89. The quantitative estimate of drug-likeness (QED) is 0.761. The van der Waals surface area contributed by atoms with Gasteiger partial charge < -0.3 is 10.1 Å². The van der Waals surface area contributed by atoms with Crippen molar-refractivity contribution >= 4 is 23.7 Å². The second-order valence-electron chi connectivity index (χ2n) is 8.89. The predicted molar refractivity (Wildman–Crippen MR) is 109 cm³/mol. The van der Waals surface area contributed by atoms with Crippen LogP contribution in [0.4, 0.5) is 0 Å². The van der Waals surface area contributed by atoms with E-state index in [4.69, 9.17) is 4.74 Å². The fraction of sp³-hybridized carbons (Fsp3) is 0.545. The Morgan fingerprint density at radius 2 is 1.80 bits per heavy atom. The summed E-state index contributed by atoms with van der Waals surface area (Å²) in [4.78, 5) is 51.8. The zero-order valence-electron chi connectivity index (χ0n) is 17.9. The molecule has 2 saturated heterocycles. The van der Waals surface area contributed by atoms with Crippen molar-refractivity contribution in [1.29, 1.82) is 0 Å². The summed E-state index contributed by atoms with van der Waals surface area (Å²) < 4.78 is 5.50. The van der Waals surface area contributed by atoms with Gasteiger partial charge in [-0.05, 0) is 51.7 Å². The van der Waals surface area contributed by atoms with Crippen LogP contribution in [0, 0.1) is 5.92 Å². The predicted octanol–water partition coefficient (Wildman–Crippen LogP) is 1.90. The minimum absolute atomic E-state index is 0.100. The average molecular weight is 415 g/mol. The van der Waals surface area contributed by atoms with E-state index in [2.05, 4.69) is 5.32 Å². The lowest BCUT2D eigenvalue weighted by Gasteiger charge is -2.43. The highest BCUT2D eigenvalue weighted by atomic mass is 16.6. The van der Waals surface area contributed by atoms with E-state index >= 15 is 0 Å². The van der Waals surface area contributed by atoms with E-state index in [1.807, 2.05) is 0 Å². The van der Waals surface area contributed by atoms with Crippen LogP contribution in [0.3, 0.4) is 0 Å². The van der Waals surface area contributed by atoms with Crippen molar-refractivity contribution < 1.29 is 23.9 Å². The molecule has 1 N–H and O–H groups in total. The molecule has 2 aliphatic rings. The summed E-state index contributed by atoms with van der Waals surface area (Å²) >= 11 is 0. The third kappa shape index (κ3) is 4.63. The maximum absolute atomic E-state index is 13.5. The summed E-state index contributed by atoms with van der Waals surface area (Å²) in [5.74, 6) is -2.06. The van der Waals surface area contributed by atoms with E-state index in [1.54, 1.807) is 58.0 Å². The van der Waals surface area contributed by atoms with Gasteiger partial charge in [0.15, 0.2) is 6.04 Å². The first-order valence-corrected chi connectivity index (χ1v) is 10.3. The molecule has 0 aliphatic carbocycles. The number of amides is 3. The average Bonchev–Trinajstić information content (AvgIpc) is 2.77. The van der Waals surface area contributed by atoms with Crippen molar-refractivity contribution in [3.8, 4) is 0 Å². The summed E-state index contributed by atoms with van der Waals surface area (Å²) in [5.41, 5.74) is -0.292. The van der Waals surface area contributed by atoms with Crippen molar-refractivity contribution in [2.75, 3.05) is 6.54 Å². The van der Waals surface area contributed by atoms with Gasteiger partial charge in [-0.15, -0.1) is 0 Å². The Morgan fingerprint density at radius 3 is 2.43 bits per heavy atom. The number of benzene rings is 1. The fourth-order valence-electron chi connectivity index (χ4n) is 3.84. The largest absolute Gasteiger partial charge is 0.458 e. The van der Waals surface area contributed by atoms with Gasteiger partial charge in [0.05, 0.1) is 0 Å². The zero-order chi connectivity index (χ0) is 22.1. The van der Waals surface area contributed by atoms with Gasteiger partial charge in [0.2, 0.25) is 5.91 Å². The SMILES string of the molecule is CC1CC(=O)N2CCCC(C(=O)OC(C)(C)C)N2C(=O)C1NC(=O)c1ccccc1. The van der Waals surface area contributed by atoms with Crippen LogP contribution in [0.2, 0.25) is 0 Å². The molecular formula is C22H29N3O5. The lowest BCUT2D eigenvalue weighted by atomic mass is 9.97. The number of nitrogens with zero attached hydrogens (tertiary/aromatic N) is 2. The van der Waals surface area contributed by atoms with Crippen molar-refractivity contribution in [3.05, 3.63) is 35.9 Å². The summed E-state index contributed by atoms with van der Waals surface area (Å²) in [6, 6.07) is 6.77. The molecular weight excluding hydrogens is 386 g/mol. The monoisotopic (exact) mass is 415 g/mol. The first kappa shape index (κ1) is 21.8. The summed E-state index contributed by atoms with van der Waals surface area (Å²) in [6.07, 6.45) is 1.09. The molecule has 0 spiro atoms. The molecule has 3 unspecified atom stereocenters. The maximum Gasteiger partial charge on any atom is 0.331 e. The molecule has 0 aromatic heterocycles. The van der Waals surface area contributed by atoms with E-state index in [1.165, 1.54) is 10.0 Å². The van der Waals surface area contributed by atoms with Crippen LogP contribution in [0.15, 0.2) is 30.3 Å². The topological polar surface area (TPSA) is 96.0 Å². The highest BCUT2D eigenvalue weighted by molar-refractivity contribution is 5.99. The molecule has 8 nitrogen and oxygen atoms in total. The Balaban J connectivity index is 1.89. The van der Waals surface area contributed by atoms with Crippen molar-refractivity contribution in [1.82, 2.24) is 15.3 Å². The van der Waals surface area contributed by atoms with E-state index in [-0.39, 0.29) is 12.3 Å². The zero-order valence-corrected chi connectivity index (χ0v) is 17.9. The number of nitrogens with one attached hydrogen (secondary N) is 1. The lowest BCUT2D eigenvalue weighted by molar-refractivity contribution is -0.187. The van der Waals surface area contributed by atoms with E-state index in [0.29, 0.717) is 24.9 Å². The molecule has 0 saturated carbocycles. The minimum atomic E-state index is -0.922. The van der Waals surface area contributed by atoms with Gasteiger partial charge >= 0.3 is 5.97 Å². The van der Waals surface area contributed by atoms with Crippen molar-refractivity contribution in [3.63, 3.8) is 0 Å². The van der Waals surface area contributed by atoms with E-state index in [0.717, 1.165) is 0 Å². The number of esters is 1. The second kappa shape index (κ2) is 8.45. The van der Waals surface area contributed by atoms with E-state index < -0.39 is 41.4 Å². The number of ether oxygens (including phenoxy) is 1. The molecule has 0 bridgehead atoms. The van der Waals surface area contributed by atoms with Crippen LogP contribution < -0.4 is 5.32 Å². The van der Waals surface area contributed by atoms with Crippen LogP contribution in [0.1, 0.15) is 57.3 Å². The number of rotatable bonds is 3. The summed E-state index contributed by atoms with van der Waals surface area (Å²) in [6.45, 7) is 7.38. The molecule has 2 heterocycles. The van der Waals surface area contributed by atoms with Gasteiger partial charge in [-0.3, -0.25) is 19.4 Å². The number of hydrogen-bond acceptors (Lipinski definition) is 5. The molecule has 162 valence electrons. The lowest BCUT2D eigenvalue weighted by Crippen LogP contribution is -2.63. The fourth-order valence-corrected chi connectivity index (χ4v) is 3.84. The highest BCUT2D eigenvalue weighted by Gasteiger charge is 2.47. The van der Waals surface area contributed by atoms with Crippen LogP contribution in [0.25, 0.3) is 0 Å². The van der Waals surface area contributed by atoms with Crippen LogP contribution in [-0.4, -0.2) is 57.9 Å². The third-order valence-corrected chi connectivity index (χ3v) is 5.25. The summed E-state index contributed by atoms with van der Waals surface area (Å²) in [5, 5.41) is 5.35. The standard InChI is InChI=1S/C22H29N3O5/c1-14-13-17(26)24-12-8-11-16(21(29)30-22(2,3)4)25(24)20(28)18(14)23-19(27)15-9-6-5-7-10-15/h5-7,9-10,14,16,18H,8,11-13H2,1-4H3,(H,23,27). The molecule has 0 radical (unpaired) electrons. The van der Waals surface area contributed by atoms with Crippen molar-refractivity contribution in [2.24, 2.45) is 5.92 Å². The van der Waals surface area contributed by atoms with Gasteiger partial charge in [-0.2, -0.15) is 0 Å². The van der Waals surface area contributed by atoms with E-state index in [9.17, 15) is 19.2 Å². The molecule has 3 atom stereocenters. The van der Waals surface area contributed by atoms with Gasteiger partial charge in [-0.25, -0.2) is 9.80 Å². The number of hydrogen-bond donors (Lipinski definition) is 1. The highest BCUT2D eigenvalue weighted by Crippen LogP contribution is 2.29. The normalized spacial score (nSPS) is 24.7. The maximum atomic E-state index is 13.5. The first-order valence-electron chi connectivity index (χ1n) is 10.3.